The Morgan fingerprint density at radius 3 is 3.05 bits per heavy atom. The summed E-state index contributed by atoms with van der Waals surface area (Å²) in [6, 6.07) is 0.481. The molecule has 0 radical (unpaired) electrons. The van der Waals surface area contributed by atoms with Gasteiger partial charge in [0, 0.05) is 43.6 Å². The number of halogens is 1. The number of hydrogen-bond donors (Lipinski definition) is 0. The molecular formula is C13H19ClN6OS. The highest BCUT2D eigenvalue weighted by Crippen LogP contribution is 2.22. The zero-order valence-corrected chi connectivity index (χ0v) is 14.3. The van der Waals surface area contributed by atoms with Gasteiger partial charge in [-0.1, -0.05) is 28.2 Å². The van der Waals surface area contributed by atoms with Crippen LogP contribution in [-0.4, -0.2) is 55.7 Å². The molecule has 1 saturated heterocycles. The predicted octanol–water partition coefficient (Wildman–Crippen LogP) is 1.84. The number of hydrogen-bond acceptors (Lipinski definition) is 8. The molecule has 0 unspecified atom stereocenters. The van der Waals surface area contributed by atoms with E-state index in [2.05, 4.69) is 36.6 Å². The van der Waals surface area contributed by atoms with Crippen LogP contribution in [0.25, 0.3) is 0 Å². The average molecular weight is 343 g/mol. The molecule has 2 aromatic heterocycles. The van der Waals surface area contributed by atoms with Crippen molar-refractivity contribution in [2.75, 3.05) is 20.1 Å². The van der Waals surface area contributed by atoms with Gasteiger partial charge in [-0.25, -0.2) is 0 Å². The number of likely N-dealkylation sites (N-methyl/N-ethyl adjacent to an activating group) is 1. The Hall–Kier alpha value is -1.09. The minimum atomic E-state index is 0.481. The Labute approximate surface area is 138 Å². The van der Waals surface area contributed by atoms with Gasteiger partial charge >= 0.3 is 0 Å². The summed E-state index contributed by atoms with van der Waals surface area (Å²) < 4.78 is 9.73. The highest BCUT2D eigenvalue weighted by molar-refractivity contribution is 7.10. The monoisotopic (exact) mass is 342 g/mol. The molecule has 22 heavy (non-hydrogen) atoms. The zero-order valence-electron chi connectivity index (χ0n) is 12.7. The lowest BCUT2D eigenvalue weighted by atomic mass is 10.2. The molecule has 0 aliphatic carbocycles. The van der Waals surface area contributed by atoms with Crippen molar-refractivity contribution < 1.29 is 4.52 Å². The quantitative estimate of drug-likeness (QED) is 0.793. The summed E-state index contributed by atoms with van der Waals surface area (Å²) in [4.78, 5) is 9.01. The summed E-state index contributed by atoms with van der Waals surface area (Å²) in [5.41, 5.74) is 0.876. The summed E-state index contributed by atoms with van der Waals surface area (Å²) >= 11 is 7.31. The molecule has 9 heteroatoms. The Morgan fingerprint density at radius 1 is 1.50 bits per heavy atom. The maximum atomic E-state index is 6.07. The van der Waals surface area contributed by atoms with Gasteiger partial charge in [-0.2, -0.15) is 4.98 Å². The van der Waals surface area contributed by atoms with Crippen molar-refractivity contribution in [2.45, 2.75) is 38.9 Å². The normalized spacial score (nSPS) is 19.4. The van der Waals surface area contributed by atoms with Crippen LogP contribution in [-0.2, 0) is 19.5 Å². The molecule has 3 rings (SSSR count). The van der Waals surface area contributed by atoms with Gasteiger partial charge < -0.3 is 4.52 Å². The fourth-order valence-corrected chi connectivity index (χ4v) is 3.28. The van der Waals surface area contributed by atoms with E-state index in [9.17, 15) is 0 Å². The number of rotatable bonds is 6. The molecule has 0 saturated carbocycles. The topological polar surface area (TPSA) is 71.2 Å². The molecule has 0 amide bonds. The highest BCUT2D eigenvalue weighted by Gasteiger charge is 2.27. The summed E-state index contributed by atoms with van der Waals surface area (Å²) in [5, 5.41) is 8.09. The fraction of sp³-hybridized carbons (Fsp3) is 0.692. The van der Waals surface area contributed by atoms with Gasteiger partial charge in [0.05, 0.1) is 6.54 Å². The highest BCUT2D eigenvalue weighted by atomic mass is 35.5. The van der Waals surface area contributed by atoms with Crippen molar-refractivity contribution in [1.82, 2.24) is 29.5 Å². The molecule has 0 N–H and O–H groups in total. The van der Waals surface area contributed by atoms with Crippen LogP contribution in [0.2, 0.25) is 4.34 Å². The molecule has 0 spiro atoms. The fourth-order valence-electron chi connectivity index (χ4n) is 2.67. The van der Waals surface area contributed by atoms with Crippen LogP contribution in [0.5, 0.6) is 0 Å². The number of aromatic nitrogens is 4. The van der Waals surface area contributed by atoms with Crippen molar-refractivity contribution >= 4 is 23.1 Å². The second-order valence-corrected chi connectivity index (χ2v) is 6.90. The van der Waals surface area contributed by atoms with E-state index in [-0.39, 0.29) is 0 Å². The molecule has 0 aromatic carbocycles. The number of likely N-dealkylation sites (tertiary alicyclic amines) is 1. The van der Waals surface area contributed by atoms with E-state index in [1.807, 2.05) is 6.92 Å². The molecule has 1 atom stereocenters. The average Bonchev–Trinajstić information content (AvgIpc) is 3.22. The summed E-state index contributed by atoms with van der Waals surface area (Å²) in [7, 11) is 2.10. The van der Waals surface area contributed by atoms with Crippen LogP contribution in [0.15, 0.2) is 4.52 Å². The first-order valence-electron chi connectivity index (χ1n) is 7.36. The van der Waals surface area contributed by atoms with Gasteiger partial charge in [0.1, 0.15) is 10.0 Å². The molecule has 1 fully saturated rings. The maximum absolute atomic E-state index is 6.07. The molecule has 0 bridgehead atoms. The third kappa shape index (κ3) is 3.62. The van der Waals surface area contributed by atoms with Crippen molar-refractivity contribution in [3.63, 3.8) is 0 Å². The Morgan fingerprint density at radius 2 is 2.36 bits per heavy atom. The van der Waals surface area contributed by atoms with E-state index in [4.69, 9.17) is 16.1 Å². The van der Waals surface area contributed by atoms with Gasteiger partial charge in [-0.3, -0.25) is 9.80 Å². The standard InChI is InChI=1S/C13H19ClN6OS/c1-3-12-15-11(17-21-12)8-19(2)9-4-5-20(6-9)7-10-13(14)22-18-16-10/h9H,3-8H2,1-2H3/t9-/m1/s1. The molecule has 2 aromatic rings. The van der Waals surface area contributed by atoms with Gasteiger partial charge in [-0.05, 0) is 13.5 Å². The van der Waals surface area contributed by atoms with Gasteiger partial charge in [-0.15, -0.1) is 5.10 Å². The lowest BCUT2D eigenvalue weighted by Gasteiger charge is -2.23. The largest absolute Gasteiger partial charge is 0.339 e. The van der Waals surface area contributed by atoms with Crippen molar-refractivity contribution in [1.29, 1.82) is 0 Å². The van der Waals surface area contributed by atoms with E-state index in [0.29, 0.717) is 22.8 Å². The molecule has 1 aliphatic heterocycles. The van der Waals surface area contributed by atoms with Crippen LogP contribution in [0.1, 0.15) is 30.8 Å². The Kier molecular flexibility index (Phi) is 5.02. The van der Waals surface area contributed by atoms with Crippen LogP contribution in [0, 0.1) is 0 Å². The van der Waals surface area contributed by atoms with Gasteiger partial charge in [0.25, 0.3) is 0 Å². The minimum absolute atomic E-state index is 0.481. The molecule has 1 aliphatic rings. The van der Waals surface area contributed by atoms with Gasteiger partial charge in [0.15, 0.2) is 5.82 Å². The van der Waals surface area contributed by atoms with Crippen LogP contribution < -0.4 is 0 Å². The second kappa shape index (κ2) is 6.99. The maximum Gasteiger partial charge on any atom is 0.226 e. The summed E-state index contributed by atoms with van der Waals surface area (Å²) in [6.45, 7) is 5.51. The number of nitrogens with zero attached hydrogens (tertiary/aromatic N) is 6. The lowest BCUT2D eigenvalue weighted by Crippen LogP contribution is -2.34. The molecule has 120 valence electrons. The van der Waals surface area contributed by atoms with Crippen LogP contribution in [0.4, 0.5) is 0 Å². The second-order valence-electron chi connectivity index (χ2n) is 5.54. The van der Waals surface area contributed by atoms with Gasteiger partial charge in [0.2, 0.25) is 5.89 Å². The SMILES string of the molecule is CCc1nc(CN(C)[C@@H]2CCN(Cc3nnsc3Cl)C2)no1. The van der Waals surface area contributed by atoms with E-state index in [1.54, 1.807) is 0 Å². The van der Waals surface area contributed by atoms with Crippen LogP contribution in [0.3, 0.4) is 0 Å². The molecule has 3 heterocycles. The molecule has 7 nitrogen and oxygen atoms in total. The van der Waals surface area contributed by atoms with E-state index < -0.39 is 0 Å². The van der Waals surface area contributed by atoms with Crippen molar-refractivity contribution in [3.8, 4) is 0 Å². The van der Waals surface area contributed by atoms with Crippen molar-refractivity contribution in [3.05, 3.63) is 21.7 Å². The van der Waals surface area contributed by atoms with E-state index in [0.717, 1.165) is 44.0 Å². The molecular weight excluding hydrogens is 324 g/mol. The van der Waals surface area contributed by atoms with E-state index in [1.165, 1.54) is 11.5 Å². The first kappa shape index (κ1) is 15.8. The van der Waals surface area contributed by atoms with Crippen molar-refractivity contribution in [2.24, 2.45) is 0 Å². The minimum Gasteiger partial charge on any atom is -0.339 e. The lowest BCUT2D eigenvalue weighted by molar-refractivity contribution is 0.215. The first-order chi connectivity index (χ1) is 10.7. The first-order valence-corrected chi connectivity index (χ1v) is 8.51. The predicted molar refractivity (Wildman–Crippen MR) is 83.7 cm³/mol. The Balaban J connectivity index is 1.52. The summed E-state index contributed by atoms with van der Waals surface area (Å²) in [5.74, 6) is 1.45. The third-order valence-electron chi connectivity index (χ3n) is 3.96. The van der Waals surface area contributed by atoms with E-state index >= 15 is 0 Å². The summed E-state index contributed by atoms with van der Waals surface area (Å²) in [6.07, 6.45) is 1.89. The Bertz CT molecular complexity index is 617. The smallest absolute Gasteiger partial charge is 0.226 e. The third-order valence-corrected chi connectivity index (χ3v) is 4.94. The zero-order chi connectivity index (χ0) is 15.5. The van der Waals surface area contributed by atoms with Crippen LogP contribution >= 0.6 is 23.1 Å². The number of aryl methyl sites for hydroxylation is 1.